The molecule has 2 aromatic heterocycles. The summed E-state index contributed by atoms with van der Waals surface area (Å²) in [5.41, 5.74) is 8.87. The molecule has 0 fully saturated rings. The summed E-state index contributed by atoms with van der Waals surface area (Å²) in [4.78, 5) is 22.4. The van der Waals surface area contributed by atoms with Crippen LogP contribution in [0.25, 0.3) is 34.3 Å². The molecule has 0 aliphatic heterocycles. The van der Waals surface area contributed by atoms with Crippen LogP contribution in [-0.4, -0.2) is 52.2 Å². The highest BCUT2D eigenvalue weighted by Crippen LogP contribution is 2.32. The minimum absolute atomic E-state index is 0. The molecule has 2 aromatic carbocycles. The van der Waals surface area contributed by atoms with Gasteiger partial charge in [0.25, 0.3) is 17.7 Å². The number of aromatic nitrogens is 4. The molecule has 2 N–H and O–H groups in total. The van der Waals surface area contributed by atoms with E-state index in [9.17, 15) is 4.79 Å². The molecule has 9 heteroatoms. The number of methoxy groups -OCH3 is 1. The Morgan fingerprint density at radius 1 is 1.06 bits per heavy atom. The Hall–Kier alpha value is -4.27. The Kier molecular flexibility index (Phi) is 5.31. The first-order chi connectivity index (χ1) is 15.0. The summed E-state index contributed by atoms with van der Waals surface area (Å²) < 4.78 is 11.2. The zero-order chi connectivity index (χ0) is 22.0. The van der Waals surface area contributed by atoms with Gasteiger partial charge in [-0.15, -0.1) is 10.2 Å². The van der Waals surface area contributed by atoms with Crippen LogP contribution in [0.5, 0.6) is 5.75 Å². The molecular weight excluding hydrogens is 396 g/mol. The van der Waals surface area contributed by atoms with E-state index in [-0.39, 0.29) is 32.1 Å². The first kappa shape index (κ1) is 20.0. The molecular formula is C22H24N6O3. The highest BCUT2D eigenvalue weighted by molar-refractivity contribution is 5.94. The van der Waals surface area contributed by atoms with Gasteiger partial charge in [-0.3, -0.25) is 4.79 Å². The van der Waals surface area contributed by atoms with E-state index in [2.05, 4.69) is 20.2 Å². The van der Waals surface area contributed by atoms with Gasteiger partial charge in [0.2, 0.25) is 0 Å². The van der Waals surface area contributed by atoms with Gasteiger partial charge in [0, 0.05) is 28.1 Å². The Bertz CT molecular complexity index is 1250. The molecule has 4 aromatic rings. The van der Waals surface area contributed by atoms with Crippen LogP contribution in [0, 0.1) is 0 Å². The van der Waals surface area contributed by atoms with Crippen molar-refractivity contribution in [3.8, 4) is 40.0 Å². The number of hydrogen-bond donors (Lipinski definition) is 1. The maximum Gasteiger partial charge on any atom is 0.270 e. The average molecular weight is 420 g/mol. The Morgan fingerprint density at radius 2 is 1.77 bits per heavy atom. The fourth-order valence-electron chi connectivity index (χ4n) is 2.99. The second-order valence-corrected chi connectivity index (χ2v) is 6.88. The molecule has 0 radical (unpaired) electrons. The third-order valence-electron chi connectivity index (χ3n) is 4.60. The quantitative estimate of drug-likeness (QED) is 0.519. The summed E-state index contributed by atoms with van der Waals surface area (Å²) in [6.07, 6.45) is 1.55. The number of carbonyl (C=O) groups excluding carboxylic acids is 1. The van der Waals surface area contributed by atoms with Gasteiger partial charge in [-0.2, -0.15) is 0 Å². The normalized spacial score (nSPS) is 10.7. The molecule has 0 saturated heterocycles. The zero-order valence-corrected chi connectivity index (χ0v) is 17.2. The number of nitrogens with two attached hydrogens (primary N) is 1. The van der Waals surface area contributed by atoms with Crippen LogP contribution < -0.4 is 10.5 Å². The van der Waals surface area contributed by atoms with Crippen molar-refractivity contribution in [3.05, 3.63) is 60.3 Å². The van der Waals surface area contributed by atoms with Crippen LogP contribution in [0.4, 0.5) is 5.82 Å². The van der Waals surface area contributed by atoms with E-state index in [1.165, 1.54) is 4.90 Å². The summed E-state index contributed by atoms with van der Waals surface area (Å²) in [6, 6.07) is 14.4. The number of benzene rings is 2. The molecule has 0 bridgehead atoms. The predicted molar refractivity (Wildman–Crippen MR) is 119 cm³/mol. The average Bonchev–Trinajstić information content (AvgIpc) is 3.29. The summed E-state index contributed by atoms with van der Waals surface area (Å²) in [6.45, 7) is 0. The fraction of sp³-hybridized carbons (Fsp3) is 0.136. The maximum absolute atomic E-state index is 12.1. The number of anilines is 1. The standard InChI is InChI=1S/C22H20N6O3.2H2/c1-28(2)22(29)14-10-8-13(9-11-14)16-12-24-19(23)18(25-16)21-27-26-20(31-21)15-6-4-5-7-17(15)30-3;;/h4-12H,1-3H3,(H2,23,24);2*1H. The van der Waals surface area contributed by atoms with Crippen molar-refractivity contribution in [2.75, 3.05) is 26.9 Å². The van der Waals surface area contributed by atoms with E-state index in [1.54, 1.807) is 57.7 Å². The van der Waals surface area contributed by atoms with Gasteiger partial charge in [0.15, 0.2) is 11.5 Å². The van der Waals surface area contributed by atoms with Gasteiger partial charge in [-0.1, -0.05) is 24.3 Å². The molecule has 160 valence electrons. The van der Waals surface area contributed by atoms with Gasteiger partial charge in [-0.05, 0) is 24.3 Å². The second-order valence-electron chi connectivity index (χ2n) is 6.88. The lowest BCUT2D eigenvalue weighted by Gasteiger charge is -2.10. The molecule has 0 atom stereocenters. The van der Waals surface area contributed by atoms with E-state index >= 15 is 0 Å². The van der Waals surface area contributed by atoms with Gasteiger partial charge in [-0.25, -0.2) is 9.97 Å². The Labute approximate surface area is 181 Å². The maximum atomic E-state index is 12.1. The fourth-order valence-corrected chi connectivity index (χ4v) is 2.99. The van der Waals surface area contributed by atoms with Gasteiger partial charge in [0.1, 0.15) is 5.75 Å². The molecule has 31 heavy (non-hydrogen) atoms. The van der Waals surface area contributed by atoms with E-state index in [0.717, 1.165) is 5.56 Å². The summed E-state index contributed by atoms with van der Waals surface area (Å²) >= 11 is 0. The minimum Gasteiger partial charge on any atom is -0.496 e. The largest absolute Gasteiger partial charge is 0.496 e. The van der Waals surface area contributed by atoms with Crippen LogP contribution in [0.2, 0.25) is 0 Å². The van der Waals surface area contributed by atoms with E-state index < -0.39 is 0 Å². The number of para-hydroxylation sites is 1. The molecule has 4 rings (SSSR count). The summed E-state index contributed by atoms with van der Waals surface area (Å²) in [5.74, 6) is 1.12. The van der Waals surface area contributed by atoms with E-state index in [0.29, 0.717) is 22.6 Å². The first-order valence-electron chi connectivity index (χ1n) is 9.40. The predicted octanol–water partition coefficient (Wildman–Crippen LogP) is 3.65. The lowest BCUT2D eigenvalue weighted by atomic mass is 10.1. The number of amides is 1. The van der Waals surface area contributed by atoms with Crippen molar-refractivity contribution >= 4 is 11.7 Å². The summed E-state index contributed by atoms with van der Waals surface area (Å²) in [7, 11) is 4.98. The molecule has 0 unspecified atom stereocenters. The number of nitrogens with zero attached hydrogens (tertiary/aromatic N) is 5. The number of carbonyl (C=O) groups is 1. The second kappa shape index (κ2) is 8.23. The van der Waals surface area contributed by atoms with E-state index in [4.69, 9.17) is 14.9 Å². The Morgan fingerprint density at radius 3 is 2.48 bits per heavy atom. The van der Waals surface area contributed by atoms with Crippen molar-refractivity contribution in [1.29, 1.82) is 0 Å². The van der Waals surface area contributed by atoms with Crippen molar-refractivity contribution in [1.82, 2.24) is 25.1 Å². The van der Waals surface area contributed by atoms with E-state index in [1.807, 2.05) is 18.2 Å². The number of rotatable bonds is 5. The SMILES string of the molecule is COc1ccccc1-c1nnc(-c2nc(-c3ccc(C(=O)N(C)C)cc3)cnc2N)o1.[HH].[HH]. The van der Waals surface area contributed by atoms with Crippen molar-refractivity contribution in [2.45, 2.75) is 0 Å². The monoisotopic (exact) mass is 420 g/mol. The molecule has 0 spiro atoms. The van der Waals surface area contributed by atoms with Gasteiger partial charge >= 0.3 is 0 Å². The van der Waals surface area contributed by atoms with Crippen LogP contribution >= 0.6 is 0 Å². The number of hydrogen-bond acceptors (Lipinski definition) is 8. The lowest BCUT2D eigenvalue weighted by Crippen LogP contribution is -2.21. The first-order valence-corrected chi connectivity index (χ1v) is 9.40. The number of ether oxygens (including phenoxy) is 1. The van der Waals surface area contributed by atoms with Crippen molar-refractivity contribution < 1.29 is 16.8 Å². The topological polar surface area (TPSA) is 120 Å². The highest BCUT2D eigenvalue weighted by Gasteiger charge is 2.18. The minimum atomic E-state index is -0.0784. The van der Waals surface area contributed by atoms with Gasteiger partial charge in [0.05, 0.1) is 24.6 Å². The third-order valence-corrected chi connectivity index (χ3v) is 4.60. The lowest BCUT2D eigenvalue weighted by molar-refractivity contribution is 0.0827. The molecule has 0 saturated carbocycles. The molecule has 0 aliphatic carbocycles. The zero-order valence-electron chi connectivity index (χ0n) is 17.2. The molecule has 9 nitrogen and oxygen atoms in total. The Balaban J connectivity index is 0.00000193. The van der Waals surface area contributed by atoms with Crippen LogP contribution in [0.1, 0.15) is 13.2 Å². The summed E-state index contributed by atoms with van der Waals surface area (Å²) in [5, 5.41) is 8.19. The van der Waals surface area contributed by atoms with Gasteiger partial charge < -0.3 is 19.8 Å². The third kappa shape index (κ3) is 3.93. The smallest absolute Gasteiger partial charge is 0.270 e. The van der Waals surface area contributed by atoms with Crippen molar-refractivity contribution in [2.24, 2.45) is 0 Å². The number of nitrogen functional groups attached to an aromatic ring is 1. The molecule has 2 heterocycles. The van der Waals surface area contributed by atoms with Crippen LogP contribution in [0.15, 0.2) is 59.1 Å². The molecule has 1 amide bonds. The highest BCUT2D eigenvalue weighted by atomic mass is 16.5. The molecule has 0 aliphatic rings. The van der Waals surface area contributed by atoms with Crippen LogP contribution in [0.3, 0.4) is 0 Å². The van der Waals surface area contributed by atoms with Crippen molar-refractivity contribution in [3.63, 3.8) is 0 Å². The van der Waals surface area contributed by atoms with Crippen LogP contribution in [-0.2, 0) is 0 Å².